The summed E-state index contributed by atoms with van der Waals surface area (Å²) in [7, 11) is 0. The molecule has 9 heteroatoms. The number of halogens is 3. The van der Waals surface area contributed by atoms with Gasteiger partial charge in [0.05, 0.1) is 10.9 Å². The van der Waals surface area contributed by atoms with Gasteiger partial charge in [0.15, 0.2) is 17.4 Å². The first-order valence-electron chi connectivity index (χ1n) is 7.16. The van der Waals surface area contributed by atoms with Crippen LogP contribution < -0.4 is 0 Å². The summed E-state index contributed by atoms with van der Waals surface area (Å²) in [5.41, 5.74) is 0.772. The summed E-state index contributed by atoms with van der Waals surface area (Å²) in [5.74, 6) is -2.41. The molecule has 3 rings (SSSR count). The van der Waals surface area contributed by atoms with Gasteiger partial charge in [0.2, 0.25) is 5.16 Å². The Bertz CT molecular complexity index is 917. The molecule has 1 atom stereocenters. The maximum atomic E-state index is 13.3. The van der Waals surface area contributed by atoms with Crippen molar-refractivity contribution in [3.8, 4) is 5.69 Å². The van der Waals surface area contributed by atoms with Gasteiger partial charge in [-0.25, -0.2) is 8.78 Å². The smallest absolute Gasteiger partial charge is 0.214 e. The molecule has 0 aliphatic heterocycles. The van der Waals surface area contributed by atoms with Crippen molar-refractivity contribution in [3.05, 3.63) is 64.7 Å². The molecule has 0 spiro atoms. The molecule has 25 heavy (non-hydrogen) atoms. The van der Waals surface area contributed by atoms with E-state index in [0.717, 1.165) is 23.9 Å². The molecule has 0 aliphatic carbocycles. The highest BCUT2D eigenvalue weighted by Crippen LogP contribution is 2.26. The van der Waals surface area contributed by atoms with Crippen LogP contribution in [0.1, 0.15) is 17.3 Å². The van der Waals surface area contributed by atoms with E-state index in [2.05, 4.69) is 15.5 Å². The van der Waals surface area contributed by atoms with E-state index in [4.69, 9.17) is 11.6 Å². The molecular weight excluding hydrogens is 370 g/mol. The summed E-state index contributed by atoms with van der Waals surface area (Å²) in [5, 5.41) is 11.8. The van der Waals surface area contributed by atoms with Crippen LogP contribution in [0.4, 0.5) is 8.78 Å². The summed E-state index contributed by atoms with van der Waals surface area (Å²) in [6, 6.07) is 9.94. The van der Waals surface area contributed by atoms with Gasteiger partial charge in [0.1, 0.15) is 0 Å². The van der Waals surface area contributed by atoms with Crippen molar-refractivity contribution in [2.45, 2.75) is 17.3 Å². The van der Waals surface area contributed by atoms with E-state index in [0.29, 0.717) is 15.9 Å². The molecule has 0 saturated heterocycles. The van der Waals surface area contributed by atoms with Gasteiger partial charge in [-0.15, -0.1) is 5.10 Å². The molecular formula is C16H11ClF2N4OS. The minimum atomic E-state index is -1.06. The van der Waals surface area contributed by atoms with Gasteiger partial charge < -0.3 is 0 Å². The zero-order chi connectivity index (χ0) is 18.0. The topological polar surface area (TPSA) is 60.7 Å². The van der Waals surface area contributed by atoms with Crippen molar-refractivity contribution in [2.24, 2.45) is 0 Å². The quantitative estimate of drug-likeness (QED) is 0.495. The fourth-order valence-corrected chi connectivity index (χ4v) is 3.10. The number of rotatable bonds is 5. The average molecular weight is 381 g/mol. The number of nitrogens with zero attached hydrogens (tertiary/aromatic N) is 4. The number of Topliss-reactive ketones (excluding diaryl/α,β-unsaturated/α-hetero) is 1. The van der Waals surface area contributed by atoms with Crippen LogP contribution in [-0.4, -0.2) is 31.2 Å². The minimum absolute atomic E-state index is 0.0874. The number of ketones is 1. The maximum Gasteiger partial charge on any atom is 0.214 e. The highest BCUT2D eigenvalue weighted by Gasteiger charge is 2.21. The van der Waals surface area contributed by atoms with E-state index >= 15 is 0 Å². The Kier molecular flexibility index (Phi) is 5.10. The molecule has 0 N–H and O–H groups in total. The van der Waals surface area contributed by atoms with E-state index in [-0.39, 0.29) is 11.3 Å². The first-order valence-corrected chi connectivity index (χ1v) is 8.41. The largest absolute Gasteiger partial charge is 0.293 e. The summed E-state index contributed by atoms with van der Waals surface area (Å²) in [6.45, 7) is 1.65. The zero-order valence-electron chi connectivity index (χ0n) is 12.9. The first kappa shape index (κ1) is 17.5. The molecule has 0 bridgehead atoms. The van der Waals surface area contributed by atoms with Gasteiger partial charge in [-0.1, -0.05) is 23.4 Å². The maximum absolute atomic E-state index is 13.3. The predicted molar refractivity (Wildman–Crippen MR) is 90.2 cm³/mol. The van der Waals surface area contributed by atoms with Crippen LogP contribution in [-0.2, 0) is 0 Å². The number of carbonyl (C=O) groups excluding carboxylic acids is 1. The Balaban J connectivity index is 1.80. The van der Waals surface area contributed by atoms with E-state index in [9.17, 15) is 13.6 Å². The number of hydrogen-bond acceptors (Lipinski definition) is 5. The van der Waals surface area contributed by atoms with Crippen molar-refractivity contribution in [1.29, 1.82) is 0 Å². The van der Waals surface area contributed by atoms with Gasteiger partial charge in [-0.3, -0.25) is 4.79 Å². The number of carbonyl (C=O) groups is 1. The number of aromatic nitrogens is 4. The second kappa shape index (κ2) is 7.28. The van der Waals surface area contributed by atoms with E-state index in [1.807, 2.05) is 0 Å². The van der Waals surface area contributed by atoms with Crippen LogP contribution in [0, 0.1) is 11.6 Å². The summed E-state index contributed by atoms with van der Waals surface area (Å²) >= 11 is 6.98. The molecule has 1 aromatic heterocycles. The Hall–Kier alpha value is -2.32. The average Bonchev–Trinajstić information content (AvgIpc) is 3.05. The lowest BCUT2D eigenvalue weighted by molar-refractivity contribution is 0.0993. The Morgan fingerprint density at radius 3 is 2.56 bits per heavy atom. The van der Waals surface area contributed by atoms with E-state index < -0.39 is 16.9 Å². The Morgan fingerprint density at radius 1 is 1.16 bits per heavy atom. The van der Waals surface area contributed by atoms with E-state index in [1.165, 1.54) is 10.7 Å². The fourth-order valence-electron chi connectivity index (χ4n) is 2.09. The van der Waals surface area contributed by atoms with Gasteiger partial charge in [0.25, 0.3) is 0 Å². The third kappa shape index (κ3) is 3.85. The molecule has 0 aliphatic rings. The normalized spacial score (nSPS) is 12.2. The molecule has 128 valence electrons. The SMILES string of the molecule is CC(Sc1nnnn1-c1ccc(Cl)cc1)C(=O)c1ccc(F)c(F)c1. The van der Waals surface area contributed by atoms with Crippen molar-refractivity contribution < 1.29 is 13.6 Å². The lowest BCUT2D eigenvalue weighted by Crippen LogP contribution is -2.15. The van der Waals surface area contributed by atoms with Gasteiger partial charge in [-0.2, -0.15) is 4.68 Å². The van der Waals surface area contributed by atoms with Crippen LogP contribution in [0.5, 0.6) is 0 Å². The first-order chi connectivity index (χ1) is 12.0. The second-order valence-corrected chi connectivity index (χ2v) is 6.85. The zero-order valence-corrected chi connectivity index (χ0v) is 14.4. The minimum Gasteiger partial charge on any atom is -0.293 e. The number of benzene rings is 2. The molecule has 0 radical (unpaired) electrons. The van der Waals surface area contributed by atoms with Crippen molar-refractivity contribution >= 4 is 29.1 Å². The molecule has 1 unspecified atom stereocenters. The predicted octanol–water partition coefficient (Wildman–Crippen LogP) is 3.96. The van der Waals surface area contributed by atoms with Gasteiger partial charge in [0, 0.05) is 10.6 Å². The van der Waals surface area contributed by atoms with Crippen LogP contribution in [0.15, 0.2) is 47.6 Å². The number of tetrazole rings is 1. The Morgan fingerprint density at radius 2 is 1.88 bits per heavy atom. The Labute approximate surface area is 151 Å². The van der Waals surface area contributed by atoms with Crippen molar-refractivity contribution in [2.75, 3.05) is 0 Å². The third-order valence-electron chi connectivity index (χ3n) is 3.37. The molecule has 0 amide bonds. The molecule has 1 heterocycles. The standard InChI is InChI=1S/C16H11ClF2N4OS/c1-9(15(24)10-2-7-13(18)14(19)8-10)25-16-20-21-22-23(16)12-5-3-11(17)4-6-12/h2-9H,1H3. The molecule has 0 saturated carbocycles. The van der Waals surface area contributed by atoms with Gasteiger partial charge in [-0.05, 0) is 59.8 Å². The second-order valence-electron chi connectivity index (χ2n) is 5.10. The van der Waals surface area contributed by atoms with Crippen LogP contribution in [0.2, 0.25) is 5.02 Å². The summed E-state index contributed by atoms with van der Waals surface area (Å²) in [4.78, 5) is 12.4. The summed E-state index contributed by atoms with van der Waals surface area (Å²) in [6.07, 6.45) is 0. The lowest BCUT2D eigenvalue weighted by Gasteiger charge is -2.10. The highest BCUT2D eigenvalue weighted by molar-refractivity contribution is 8.00. The van der Waals surface area contributed by atoms with Crippen molar-refractivity contribution in [3.63, 3.8) is 0 Å². The van der Waals surface area contributed by atoms with Crippen LogP contribution in [0.3, 0.4) is 0 Å². The molecule has 0 fully saturated rings. The van der Waals surface area contributed by atoms with Crippen LogP contribution in [0.25, 0.3) is 5.69 Å². The summed E-state index contributed by atoms with van der Waals surface area (Å²) < 4.78 is 27.8. The fraction of sp³-hybridized carbons (Fsp3) is 0.125. The number of thioether (sulfide) groups is 1. The molecule has 3 aromatic rings. The lowest BCUT2D eigenvalue weighted by atomic mass is 10.1. The highest BCUT2D eigenvalue weighted by atomic mass is 35.5. The number of hydrogen-bond donors (Lipinski definition) is 0. The molecule has 2 aromatic carbocycles. The van der Waals surface area contributed by atoms with Crippen molar-refractivity contribution in [1.82, 2.24) is 20.2 Å². The monoisotopic (exact) mass is 380 g/mol. The third-order valence-corrected chi connectivity index (χ3v) is 4.65. The van der Waals surface area contributed by atoms with Crippen LogP contribution >= 0.6 is 23.4 Å². The van der Waals surface area contributed by atoms with E-state index in [1.54, 1.807) is 31.2 Å². The van der Waals surface area contributed by atoms with Gasteiger partial charge >= 0.3 is 0 Å². The molecule has 5 nitrogen and oxygen atoms in total.